The van der Waals surface area contributed by atoms with Crippen LogP contribution in [0.2, 0.25) is 0 Å². The standard InChI is InChI=1S/C28H40N2O3/c1-5-6-7-10-14-30-15-13-21-16-22(18-31)20(2)24(26(21)30)17-28(3,4)19-29-27(33)23-11-8-9-12-25(23)32/h8-9,11-12,16,31-32H,5-7,10,13-15,17-19H2,1-4H3,(H,29,33). The number of anilines is 1. The summed E-state index contributed by atoms with van der Waals surface area (Å²) in [7, 11) is 0. The number of carbonyl (C=O) groups is 1. The van der Waals surface area contributed by atoms with Crippen LogP contribution in [0.3, 0.4) is 0 Å². The minimum absolute atomic E-state index is 0.00386. The molecule has 0 saturated carbocycles. The number of nitrogens with zero attached hydrogens (tertiary/aromatic N) is 1. The molecular formula is C28H40N2O3. The number of amides is 1. The van der Waals surface area contributed by atoms with E-state index in [0.717, 1.165) is 37.1 Å². The highest BCUT2D eigenvalue weighted by atomic mass is 16.3. The number of rotatable bonds is 11. The Kier molecular flexibility index (Phi) is 8.41. The van der Waals surface area contributed by atoms with Crippen LogP contribution >= 0.6 is 0 Å². The number of unbranched alkanes of at least 4 members (excludes halogenated alkanes) is 3. The van der Waals surface area contributed by atoms with Gasteiger partial charge in [-0.15, -0.1) is 0 Å². The second-order valence-corrected chi connectivity index (χ2v) is 10.1. The Labute approximate surface area is 198 Å². The molecule has 1 aliphatic rings. The van der Waals surface area contributed by atoms with Crippen molar-refractivity contribution < 1.29 is 15.0 Å². The van der Waals surface area contributed by atoms with E-state index in [2.05, 4.69) is 44.0 Å². The molecule has 0 bridgehead atoms. The van der Waals surface area contributed by atoms with Crippen LogP contribution in [0, 0.1) is 12.3 Å². The first-order valence-corrected chi connectivity index (χ1v) is 12.3. The lowest BCUT2D eigenvalue weighted by Gasteiger charge is -2.31. The van der Waals surface area contributed by atoms with Crippen LogP contribution in [0.1, 0.15) is 79.1 Å². The summed E-state index contributed by atoms with van der Waals surface area (Å²) in [5.41, 5.74) is 6.26. The van der Waals surface area contributed by atoms with E-state index in [9.17, 15) is 15.0 Å². The van der Waals surface area contributed by atoms with Crippen LogP contribution in [-0.2, 0) is 19.4 Å². The van der Waals surface area contributed by atoms with E-state index in [1.165, 1.54) is 48.6 Å². The molecule has 0 spiro atoms. The van der Waals surface area contributed by atoms with Gasteiger partial charge in [0.25, 0.3) is 5.91 Å². The molecule has 0 radical (unpaired) electrons. The smallest absolute Gasteiger partial charge is 0.255 e. The lowest BCUT2D eigenvalue weighted by molar-refractivity contribution is 0.0933. The molecule has 3 N–H and O–H groups in total. The monoisotopic (exact) mass is 452 g/mol. The molecule has 0 saturated heterocycles. The summed E-state index contributed by atoms with van der Waals surface area (Å²) < 4.78 is 0. The predicted octanol–water partition coefficient (Wildman–Crippen LogP) is 5.13. The zero-order chi connectivity index (χ0) is 24.0. The van der Waals surface area contributed by atoms with Crippen molar-refractivity contribution in [2.75, 3.05) is 24.5 Å². The Morgan fingerprint density at radius 2 is 1.94 bits per heavy atom. The fraction of sp³-hybridized carbons (Fsp3) is 0.536. The molecule has 0 aliphatic carbocycles. The molecule has 5 heteroatoms. The van der Waals surface area contributed by atoms with Crippen molar-refractivity contribution in [1.82, 2.24) is 5.32 Å². The lowest BCUT2D eigenvalue weighted by atomic mass is 9.81. The minimum Gasteiger partial charge on any atom is -0.507 e. The van der Waals surface area contributed by atoms with E-state index < -0.39 is 0 Å². The van der Waals surface area contributed by atoms with E-state index in [1.54, 1.807) is 18.2 Å². The van der Waals surface area contributed by atoms with E-state index in [1.807, 2.05) is 0 Å². The van der Waals surface area contributed by atoms with E-state index in [4.69, 9.17) is 0 Å². The number of para-hydroxylation sites is 1. The average Bonchev–Trinajstić information content (AvgIpc) is 3.20. The number of aliphatic hydroxyl groups excluding tert-OH is 1. The quantitative estimate of drug-likeness (QED) is 0.413. The highest BCUT2D eigenvalue weighted by molar-refractivity contribution is 5.96. The summed E-state index contributed by atoms with van der Waals surface area (Å²) in [4.78, 5) is 15.2. The van der Waals surface area contributed by atoms with Crippen molar-refractivity contribution in [3.05, 3.63) is 58.1 Å². The molecule has 0 fully saturated rings. The third-order valence-corrected chi connectivity index (χ3v) is 6.82. The number of nitrogens with one attached hydrogen (secondary N) is 1. The Morgan fingerprint density at radius 1 is 1.18 bits per heavy atom. The molecule has 3 rings (SSSR count). The van der Waals surface area contributed by atoms with Gasteiger partial charge in [-0.05, 0) is 66.0 Å². The first-order chi connectivity index (χ1) is 15.8. The number of hydrogen-bond donors (Lipinski definition) is 3. The van der Waals surface area contributed by atoms with Gasteiger partial charge in [-0.25, -0.2) is 0 Å². The summed E-state index contributed by atoms with van der Waals surface area (Å²) in [6.07, 6.45) is 6.80. The second-order valence-electron chi connectivity index (χ2n) is 10.1. The Balaban J connectivity index is 1.79. The SMILES string of the molecule is CCCCCCN1CCc2cc(CO)c(C)c(CC(C)(C)CNC(=O)c3ccccc3O)c21. The summed E-state index contributed by atoms with van der Waals surface area (Å²) in [6, 6.07) is 8.81. The van der Waals surface area contributed by atoms with Gasteiger partial charge in [0.05, 0.1) is 12.2 Å². The number of hydrogen-bond acceptors (Lipinski definition) is 4. The fourth-order valence-electron chi connectivity index (χ4n) is 4.86. The first kappa shape index (κ1) is 25.1. The van der Waals surface area contributed by atoms with Gasteiger partial charge in [0.1, 0.15) is 5.75 Å². The topological polar surface area (TPSA) is 72.8 Å². The molecule has 0 atom stereocenters. The molecule has 1 aliphatic heterocycles. The highest BCUT2D eigenvalue weighted by Gasteiger charge is 2.29. The fourth-order valence-corrected chi connectivity index (χ4v) is 4.86. The van der Waals surface area contributed by atoms with Crippen molar-refractivity contribution in [1.29, 1.82) is 0 Å². The predicted molar refractivity (Wildman–Crippen MR) is 135 cm³/mol. The molecule has 0 aromatic heterocycles. The zero-order valence-electron chi connectivity index (χ0n) is 20.7. The van der Waals surface area contributed by atoms with Gasteiger partial charge in [-0.2, -0.15) is 0 Å². The van der Waals surface area contributed by atoms with Crippen molar-refractivity contribution in [2.45, 2.75) is 72.8 Å². The maximum absolute atomic E-state index is 12.6. The summed E-state index contributed by atoms with van der Waals surface area (Å²) in [5.74, 6) is -0.263. The third kappa shape index (κ3) is 6.08. The number of carbonyl (C=O) groups excluding carboxylic acids is 1. The Bertz CT molecular complexity index is 968. The summed E-state index contributed by atoms with van der Waals surface area (Å²) in [6.45, 7) is 11.3. The first-order valence-electron chi connectivity index (χ1n) is 12.3. The second kappa shape index (κ2) is 11.1. The summed E-state index contributed by atoms with van der Waals surface area (Å²) >= 11 is 0. The maximum Gasteiger partial charge on any atom is 0.255 e. The van der Waals surface area contributed by atoms with Gasteiger partial charge in [-0.3, -0.25) is 4.79 Å². The Morgan fingerprint density at radius 3 is 2.64 bits per heavy atom. The molecule has 1 amide bonds. The number of phenolic OH excluding ortho intramolecular Hbond substituents is 1. The number of benzene rings is 2. The largest absolute Gasteiger partial charge is 0.507 e. The number of aliphatic hydroxyl groups is 1. The molecular weight excluding hydrogens is 412 g/mol. The normalized spacial score (nSPS) is 13.3. The molecule has 33 heavy (non-hydrogen) atoms. The van der Waals surface area contributed by atoms with Crippen molar-refractivity contribution in [3.63, 3.8) is 0 Å². The van der Waals surface area contributed by atoms with Gasteiger partial charge >= 0.3 is 0 Å². The van der Waals surface area contributed by atoms with Crippen LogP contribution in [0.5, 0.6) is 5.75 Å². The van der Waals surface area contributed by atoms with E-state index in [-0.39, 0.29) is 23.7 Å². The van der Waals surface area contributed by atoms with Crippen LogP contribution in [0.4, 0.5) is 5.69 Å². The van der Waals surface area contributed by atoms with E-state index in [0.29, 0.717) is 12.1 Å². The molecule has 2 aromatic carbocycles. The number of phenols is 1. The lowest BCUT2D eigenvalue weighted by Crippen LogP contribution is -2.36. The molecule has 180 valence electrons. The average molecular weight is 453 g/mol. The van der Waals surface area contributed by atoms with Crippen LogP contribution in [-0.4, -0.2) is 35.8 Å². The van der Waals surface area contributed by atoms with Crippen molar-refractivity contribution >= 4 is 11.6 Å². The summed E-state index contributed by atoms with van der Waals surface area (Å²) in [5, 5.41) is 23.0. The molecule has 2 aromatic rings. The van der Waals surface area contributed by atoms with Crippen LogP contribution in [0.25, 0.3) is 0 Å². The molecule has 5 nitrogen and oxygen atoms in total. The number of aromatic hydroxyl groups is 1. The zero-order valence-corrected chi connectivity index (χ0v) is 20.7. The maximum atomic E-state index is 12.6. The van der Waals surface area contributed by atoms with Crippen molar-refractivity contribution in [3.8, 4) is 5.75 Å². The van der Waals surface area contributed by atoms with Gasteiger partial charge in [0.15, 0.2) is 0 Å². The number of fused-ring (bicyclic) bond motifs is 1. The van der Waals surface area contributed by atoms with Gasteiger partial charge < -0.3 is 20.4 Å². The third-order valence-electron chi connectivity index (χ3n) is 6.82. The minimum atomic E-state index is -0.259. The highest BCUT2D eigenvalue weighted by Crippen LogP contribution is 2.39. The van der Waals surface area contributed by atoms with Gasteiger partial charge in [0.2, 0.25) is 0 Å². The van der Waals surface area contributed by atoms with Crippen LogP contribution in [0.15, 0.2) is 30.3 Å². The Hall–Kier alpha value is -2.53. The van der Waals surface area contributed by atoms with Crippen molar-refractivity contribution in [2.24, 2.45) is 5.41 Å². The van der Waals surface area contributed by atoms with Gasteiger partial charge in [-0.1, -0.05) is 58.2 Å². The van der Waals surface area contributed by atoms with Gasteiger partial charge in [0, 0.05) is 25.3 Å². The molecule has 0 unspecified atom stereocenters. The molecule has 1 heterocycles. The van der Waals surface area contributed by atoms with E-state index >= 15 is 0 Å². The van der Waals surface area contributed by atoms with Crippen LogP contribution < -0.4 is 10.2 Å².